The zero-order valence-electron chi connectivity index (χ0n) is 8.09. The van der Waals surface area contributed by atoms with Gasteiger partial charge in [0.05, 0.1) is 12.2 Å². The maximum Gasteiger partial charge on any atom is 0.123 e. The van der Waals surface area contributed by atoms with E-state index in [0.717, 1.165) is 5.69 Å². The molecule has 0 radical (unpaired) electrons. The minimum atomic E-state index is 0.498. The molecule has 15 heavy (non-hydrogen) atoms. The van der Waals surface area contributed by atoms with E-state index in [1.807, 2.05) is 29.0 Å². The van der Waals surface area contributed by atoms with Crippen LogP contribution in [0.5, 0.6) is 0 Å². The van der Waals surface area contributed by atoms with Crippen LogP contribution in [-0.2, 0) is 6.54 Å². The number of pyridine rings is 1. The molecule has 2 heterocycles. The molecular weight excluding hydrogens is 188 g/mol. The third-order valence-corrected chi connectivity index (χ3v) is 2.10. The Kier molecular flexibility index (Phi) is 2.38. The third-order valence-electron chi connectivity index (χ3n) is 2.10. The molecule has 0 aliphatic carbocycles. The molecule has 74 valence electrons. The second kappa shape index (κ2) is 3.84. The van der Waals surface area contributed by atoms with Gasteiger partial charge in [-0.2, -0.15) is 5.26 Å². The Morgan fingerprint density at radius 3 is 2.93 bits per heavy atom. The molecule has 0 saturated heterocycles. The lowest BCUT2D eigenvalue weighted by molar-refractivity contribution is 0.771. The van der Waals surface area contributed by atoms with Crippen LogP contribution in [0.3, 0.4) is 0 Å². The van der Waals surface area contributed by atoms with Crippen molar-refractivity contribution in [3.8, 4) is 6.07 Å². The smallest absolute Gasteiger partial charge is 0.123 e. The Hall–Kier alpha value is -2.28. The Labute approximate surface area is 87.6 Å². The van der Waals surface area contributed by atoms with Crippen molar-refractivity contribution in [2.24, 2.45) is 0 Å². The quantitative estimate of drug-likeness (QED) is 0.792. The SMILES string of the molecule is N#Cc1cccn1Cc1cccc(N)n1. The molecule has 2 N–H and O–H groups in total. The maximum atomic E-state index is 8.82. The third kappa shape index (κ3) is 1.97. The standard InChI is InChI=1S/C11H10N4/c12-7-10-4-2-6-15(10)8-9-3-1-5-11(13)14-9/h1-6H,8H2,(H2,13,14). The van der Waals surface area contributed by atoms with Gasteiger partial charge in [0.2, 0.25) is 0 Å². The molecule has 0 amide bonds. The maximum absolute atomic E-state index is 8.82. The van der Waals surface area contributed by atoms with Gasteiger partial charge in [0.1, 0.15) is 17.6 Å². The monoisotopic (exact) mass is 198 g/mol. The summed E-state index contributed by atoms with van der Waals surface area (Å²) in [5, 5.41) is 8.82. The van der Waals surface area contributed by atoms with Crippen LogP contribution in [0.25, 0.3) is 0 Å². The average Bonchev–Trinajstić information content (AvgIpc) is 2.65. The van der Waals surface area contributed by atoms with Crippen molar-refractivity contribution in [2.75, 3.05) is 5.73 Å². The molecule has 0 spiro atoms. The molecule has 4 heteroatoms. The fraction of sp³-hybridized carbons (Fsp3) is 0.0909. The fourth-order valence-corrected chi connectivity index (χ4v) is 1.41. The van der Waals surface area contributed by atoms with Gasteiger partial charge >= 0.3 is 0 Å². The van der Waals surface area contributed by atoms with Crippen molar-refractivity contribution >= 4 is 5.82 Å². The highest BCUT2D eigenvalue weighted by Crippen LogP contribution is 2.06. The predicted molar refractivity (Wildman–Crippen MR) is 56.9 cm³/mol. The number of hydrogen-bond acceptors (Lipinski definition) is 3. The highest BCUT2D eigenvalue weighted by atomic mass is 15.0. The normalized spacial score (nSPS) is 9.80. The van der Waals surface area contributed by atoms with E-state index in [9.17, 15) is 0 Å². The van der Waals surface area contributed by atoms with Gasteiger partial charge < -0.3 is 10.3 Å². The van der Waals surface area contributed by atoms with E-state index in [2.05, 4.69) is 11.1 Å². The zero-order valence-corrected chi connectivity index (χ0v) is 8.09. The van der Waals surface area contributed by atoms with E-state index in [0.29, 0.717) is 18.1 Å². The van der Waals surface area contributed by atoms with Crippen molar-refractivity contribution in [1.29, 1.82) is 5.26 Å². The zero-order chi connectivity index (χ0) is 10.7. The molecule has 2 aromatic rings. The van der Waals surface area contributed by atoms with Gasteiger partial charge in [-0.05, 0) is 24.3 Å². The fourth-order valence-electron chi connectivity index (χ4n) is 1.41. The Balaban J connectivity index is 2.26. The minimum Gasteiger partial charge on any atom is -0.384 e. The van der Waals surface area contributed by atoms with Crippen molar-refractivity contribution in [1.82, 2.24) is 9.55 Å². The topological polar surface area (TPSA) is 67.6 Å². The van der Waals surface area contributed by atoms with Crippen LogP contribution in [0, 0.1) is 11.3 Å². The first-order chi connectivity index (χ1) is 7.29. The molecule has 0 unspecified atom stereocenters. The molecule has 2 rings (SSSR count). The van der Waals surface area contributed by atoms with E-state index in [1.54, 1.807) is 12.1 Å². The van der Waals surface area contributed by atoms with Crippen LogP contribution in [0.1, 0.15) is 11.4 Å². The Morgan fingerprint density at radius 2 is 2.20 bits per heavy atom. The number of nitrogens with two attached hydrogens (primary N) is 1. The molecule has 0 atom stereocenters. The summed E-state index contributed by atoms with van der Waals surface area (Å²) in [5.74, 6) is 0.498. The number of nitriles is 1. The van der Waals surface area contributed by atoms with Crippen molar-refractivity contribution < 1.29 is 0 Å². The molecule has 4 nitrogen and oxygen atoms in total. The lowest BCUT2D eigenvalue weighted by atomic mass is 10.3. The molecule has 0 aromatic carbocycles. The van der Waals surface area contributed by atoms with Crippen LogP contribution in [0.2, 0.25) is 0 Å². The molecule has 0 fully saturated rings. The van der Waals surface area contributed by atoms with E-state index >= 15 is 0 Å². The van der Waals surface area contributed by atoms with Crippen LogP contribution in [0.4, 0.5) is 5.82 Å². The Bertz CT molecular complexity index is 507. The second-order valence-electron chi connectivity index (χ2n) is 3.19. The first-order valence-corrected chi connectivity index (χ1v) is 4.56. The highest BCUT2D eigenvalue weighted by molar-refractivity contribution is 5.29. The molecule has 0 bridgehead atoms. The van der Waals surface area contributed by atoms with Crippen molar-refractivity contribution in [3.63, 3.8) is 0 Å². The number of anilines is 1. The van der Waals surface area contributed by atoms with Gasteiger partial charge in [0.15, 0.2) is 0 Å². The first-order valence-electron chi connectivity index (χ1n) is 4.56. The summed E-state index contributed by atoms with van der Waals surface area (Å²) in [6.45, 7) is 0.570. The molecule has 0 aliphatic rings. The van der Waals surface area contributed by atoms with Gasteiger partial charge in [-0.1, -0.05) is 6.07 Å². The number of nitrogens with zero attached hydrogens (tertiary/aromatic N) is 3. The molecular formula is C11H10N4. The highest BCUT2D eigenvalue weighted by Gasteiger charge is 2.01. The van der Waals surface area contributed by atoms with Crippen LogP contribution < -0.4 is 5.73 Å². The molecule has 2 aromatic heterocycles. The Morgan fingerprint density at radius 1 is 1.33 bits per heavy atom. The van der Waals surface area contributed by atoms with E-state index in [1.165, 1.54) is 0 Å². The first kappa shape index (κ1) is 9.28. The summed E-state index contributed by atoms with van der Waals surface area (Å²) >= 11 is 0. The number of nitrogen functional groups attached to an aromatic ring is 1. The summed E-state index contributed by atoms with van der Waals surface area (Å²) in [7, 11) is 0. The minimum absolute atomic E-state index is 0.498. The van der Waals surface area contributed by atoms with E-state index in [-0.39, 0.29) is 0 Å². The number of rotatable bonds is 2. The lowest BCUT2D eigenvalue weighted by Crippen LogP contribution is -2.03. The van der Waals surface area contributed by atoms with Gasteiger partial charge in [-0.3, -0.25) is 0 Å². The van der Waals surface area contributed by atoms with E-state index < -0.39 is 0 Å². The largest absolute Gasteiger partial charge is 0.384 e. The van der Waals surface area contributed by atoms with Crippen molar-refractivity contribution in [3.05, 3.63) is 47.9 Å². The number of aromatic nitrogens is 2. The summed E-state index contributed by atoms with van der Waals surface area (Å²) in [4.78, 5) is 4.17. The van der Waals surface area contributed by atoms with Gasteiger partial charge in [0.25, 0.3) is 0 Å². The molecule has 0 saturated carbocycles. The average molecular weight is 198 g/mol. The summed E-state index contributed by atoms with van der Waals surface area (Å²) in [5.41, 5.74) is 7.05. The van der Waals surface area contributed by atoms with Crippen molar-refractivity contribution in [2.45, 2.75) is 6.54 Å². The van der Waals surface area contributed by atoms with Gasteiger partial charge in [-0.15, -0.1) is 0 Å². The van der Waals surface area contributed by atoms with Gasteiger partial charge in [0, 0.05) is 6.20 Å². The van der Waals surface area contributed by atoms with E-state index in [4.69, 9.17) is 11.0 Å². The van der Waals surface area contributed by atoms with Crippen LogP contribution >= 0.6 is 0 Å². The second-order valence-corrected chi connectivity index (χ2v) is 3.19. The summed E-state index contributed by atoms with van der Waals surface area (Å²) in [6.07, 6.45) is 1.85. The molecule has 0 aliphatic heterocycles. The van der Waals surface area contributed by atoms with Crippen LogP contribution in [-0.4, -0.2) is 9.55 Å². The summed E-state index contributed by atoms with van der Waals surface area (Å²) < 4.78 is 1.84. The predicted octanol–water partition coefficient (Wildman–Crippen LogP) is 1.39. The lowest BCUT2D eigenvalue weighted by Gasteiger charge is -2.04. The van der Waals surface area contributed by atoms with Crippen LogP contribution in [0.15, 0.2) is 36.5 Å². The number of hydrogen-bond donors (Lipinski definition) is 1. The summed E-state index contributed by atoms with van der Waals surface area (Å²) in [6, 6.07) is 11.2. The van der Waals surface area contributed by atoms with Gasteiger partial charge in [-0.25, -0.2) is 4.98 Å².